The van der Waals surface area contributed by atoms with Gasteiger partial charge in [-0.15, -0.1) is 0 Å². The van der Waals surface area contributed by atoms with E-state index in [4.69, 9.17) is 4.74 Å². The fourth-order valence-corrected chi connectivity index (χ4v) is 1.38. The summed E-state index contributed by atoms with van der Waals surface area (Å²) in [7, 11) is 0. The van der Waals surface area contributed by atoms with Crippen LogP contribution in [0.4, 0.5) is 0 Å². The van der Waals surface area contributed by atoms with Gasteiger partial charge >= 0.3 is 5.97 Å². The maximum atomic E-state index is 11.6. The summed E-state index contributed by atoms with van der Waals surface area (Å²) in [5, 5.41) is 0. The molecule has 1 saturated heterocycles. The maximum absolute atomic E-state index is 11.6. The molecule has 0 saturated carbocycles. The van der Waals surface area contributed by atoms with Crippen LogP contribution in [0.15, 0.2) is 0 Å². The Bertz CT molecular complexity index is 206. The molecule has 0 aliphatic carbocycles. The van der Waals surface area contributed by atoms with Gasteiger partial charge in [-0.2, -0.15) is 0 Å². The third-order valence-electron chi connectivity index (χ3n) is 2.59. The van der Waals surface area contributed by atoms with Gasteiger partial charge in [0.2, 0.25) is 0 Å². The Morgan fingerprint density at radius 3 is 2.43 bits per heavy atom. The third-order valence-corrected chi connectivity index (χ3v) is 2.59. The summed E-state index contributed by atoms with van der Waals surface area (Å²) in [4.78, 5) is 11.6. The van der Waals surface area contributed by atoms with Gasteiger partial charge in [0.05, 0.1) is 6.61 Å². The van der Waals surface area contributed by atoms with E-state index in [1.54, 1.807) is 0 Å². The summed E-state index contributed by atoms with van der Waals surface area (Å²) < 4.78 is 5.16. The van der Waals surface area contributed by atoms with Crippen molar-refractivity contribution in [3.05, 3.63) is 0 Å². The third kappa shape index (κ3) is 2.69. The van der Waals surface area contributed by atoms with E-state index >= 15 is 0 Å². The molecular weight excluding hydrogens is 180 g/mol. The topological polar surface area (TPSA) is 50.4 Å². The van der Waals surface area contributed by atoms with Gasteiger partial charge in [0.1, 0.15) is 6.04 Å². The minimum atomic E-state index is -0.205. The van der Waals surface area contributed by atoms with Crippen LogP contribution in [0.1, 0.15) is 27.7 Å². The number of carbonyl (C=O) groups excluding carboxylic acids is 1. The first-order valence-electron chi connectivity index (χ1n) is 5.20. The Morgan fingerprint density at radius 2 is 2.00 bits per heavy atom. The Balaban J connectivity index is 2.38. The quantitative estimate of drug-likeness (QED) is 0.658. The molecule has 0 aromatic rings. The van der Waals surface area contributed by atoms with Crippen molar-refractivity contribution in [3.63, 3.8) is 0 Å². The van der Waals surface area contributed by atoms with Gasteiger partial charge < -0.3 is 4.74 Å². The second kappa shape index (κ2) is 4.75. The monoisotopic (exact) mass is 200 g/mol. The van der Waals surface area contributed by atoms with Crippen LogP contribution >= 0.6 is 0 Å². The lowest BCUT2D eigenvalue weighted by Crippen LogP contribution is -2.39. The van der Waals surface area contributed by atoms with Crippen LogP contribution in [0, 0.1) is 11.8 Å². The molecule has 1 aliphatic heterocycles. The maximum Gasteiger partial charge on any atom is 0.324 e. The molecule has 4 nitrogen and oxygen atoms in total. The largest absolute Gasteiger partial charge is 0.464 e. The molecule has 0 aromatic carbocycles. The molecule has 3 unspecified atom stereocenters. The second-order valence-electron chi connectivity index (χ2n) is 4.44. The zero-order valence-corrected chi connectivity index (χ0v) is 9.33. The molecule has 82 valence electrons. The van der Waals surface area contributed by atoms with Gasteiger partial charge in [-0.3, -0.25) is 10.2 Å². The second-order valence-corrected chi connectivity index (χ2v) is 4.44. The zero-order valence-electron chi connectivity index (χ0n) is 9.33. The molecule has 0 bridgehead atoms. The first-order valence-corrected chi connectivity index (χ1v) is 5.20. The zero-order chi connectivity index (χ0) is 10.7. The summed E-state index contributed by atoms with van der Waals surface area (Å²) in [6.07, 6.45) is 0. The van der Waals surface area contributed by atoms with Crippen molar-refractivity contribution in [2.45, 2.75) is 39.8 Å². The van der Waals surface area contributed by atoms with Crippen LogP contribution in [-0.4, -0.2) is 24.7 Å². The SMILES string of the molecule is CC(C)COC(=O)C1NNC(C)C1C. The van der Waals surface area contributed by atoms with E-state index in [0.717, 1.165) is 0 Å². The lowest BCUT2D eigenvalue weighted by molar-refractivity contribution is -0.147. The smallest absolute Gasteiger partial charge is 0.324 e. The molecule has 0 radical (unpaired) electrons. The highest BCUT2D eigenvalue weighted by molar-refractivity contribution is 5.76. The molecule has 1 heterocycles. The Hall–Kier alpha value is -0.610. The molecule has 4 heteroatoms. The Labute approximate surface area is 85.4 Å². The molecule has 1 aliphatic rings. The molecule has 3 atom stereocenters. The normalized spacial score (nSPS) is 32.2. The van der Waals surface area contributed by atoms with E-state index in [1.165, 1.54) is 0 Å². The highest BCUT2D eigenvalue weighted by Crippen LogP contribution is 2.14. The van der Waals surface area contributed by atoms with E-state index in [1.807, 2.05) is 27.7 Å². The first kappa shape index (κ1) is 11.5. The van der Waals surface area contributed by atoms with E-state index in [0.29, 0.717) is 18.6 Å². The van der Waals surface area contributed by atoms with Crippen molar-refractivity contribution in [3.8, 4) is 0 Å². The van der Waals surface area contributed by atoms with Crippen LogP contribution in [-0.2, 0) is 9.53 Å². The number of hydrazine groups is 1. The molecular formula is C10H20N2O2. The van der Waals surface area contributed by atoms with Crippen molar-refractivity contribution >= 4 is 5.97 Å². The van der Waals surface area contributed by atoms with Crippen molar-refractivity contribution in [1.82, 2.24) is 10.9 Å². The van der Waals surface area contributed by atoms with Gasteiger partial charge in [-0.25, -0.2) is 5.43 Å². The standard InChI is InChI=1S/C10H20N2O2/c1-6(2)5-14-10(13)9-7(3)8(4)11-12-9/h6-9,11-12H,5H2,1-4H3. The number of hydrogen-bond donors (Lipinski definition) is 2. The highest BCUT2D eigenvalue weighted by Gasteiger charge is 2.35. The van der Waals surface area contributed by atoms with Gasteiger partial charge in [0, 0.05) is 6.04 Å². The van der Waals surface area contributed by atoms with Crippen LogP contribution < -0.4 is 10.9 Å². The number of ether oxygens (including phenoxy) is 1. The molecule has 1 fully saturated rings. The van der Waals surface area contributed by atoms with Crippen molar-refractivity contribution < 1.29 is 9.53 Å². The Morgan fingerprint density at radius 1 is 1.36 bits per heavy atom. The average Bonchev–Trinajstić information content (AvgIpc) is 2.44. The number of carbonyl (C=O) groups is 1. The number of hydrogen-bond acceptors (Lipinski definition) is 4. The lowest BCUT2D eigenvalue weighted by Gasteiger charge is -2.15. The lowest BCUT2D eigenvalue weighted by atomic mass is 9.98. The van der Waals surface area contributed by atoms with E-state index in [2.05, 4.69) is 10.9 Å². The van der Waals surface area contributed by atoms with Crippen LogP contribution in [0.5, 0.6) is 0 Å². The highest BCUT2D eigenvalue weighted by atomic mass is 16.5. The molecule has 0 spiro atoms. The average molecular weight is 200 g/mol. The summed E-state index contributed by atoms with van der Waals surface area (Å²) in [5.41, 5.74) is 5.99. The summed E-state index contributed by atoms with van der Waals surface area (Å²) in [6.45, 7) is 8.64. The Kier molecular flexibility index (Phi) is 3.89. The van der Waals surface area contributed by atoms with Crippen molar-refractivity contribution in [1.29, 1.82) is 0 Å². The van der Waals surface area contributed by atoms with Crippen LogP contribution in [0.25, 0.3) is 0 Å². The van der Waals surface area contributed by atoms with Gasteiger partial charge in [0.15, 0.2) is 0 Å². The van der Waals surface area contributed by atoms with Gasteiger partial charge in [-0.05, 0) is 18.8 Å². The van der Waals surface area contributed by atoms with E-state index in [9.17, 15) is 4.79 Å². The number of esters is 1. The van der Waals surface area contributed by atoms with Crippen molar-refractivity contribution in [2.24, 2.45) is 11.8 Å². The van der Waals surface area contributed by atoms with Gasteiger partial charge in [0.25, 0.3) is 0 Å². The number of rotatable bonds is 3. The minimum absolute atomic E-state index is 0.150. The molecule has 0 aromatic heterocycles. The summed E-state index contributed by atoms with van der Waals surface area (Å²) in [5.74, 6) is 0.513. The first-order chi connectivity index (χ1) is 6.52. The van der Waals surface area contributed by atoms with Crippen molar-refractivity contribution in [2.75, 3.05) is 6.61 Å². The minimum Gasteiger partial charge on any atom is -0.464 e. The number of nitrogens with one attached hydrogen (secondary N) is 2. The van der Waals surface area contributed by atoms with E-state index in [-0.39, 0.29) is 17.9 Å². The summed E-state index contributed by atoms with van der Waals surface area (Å²) >= 11 is 0. The molecule has 1 rings (SSSR count). The fraction of sp³-hybridized carbons (Fsp3) is 0.900. The molecule has 2 N–H and O–H groups in total. The molecule has 0 amide bonds. The van der Waals surface area contributed by atoms with Crippen LogP contribution in [0.2, 0.25) is 0 Å². The van der Waals surface area contributed by atoms with Crippen LogP contribution in [0.3, 0.4) is 0 Å². The molecule has 14 heavy (non-hydrogen) atoms. The summed E-state index contributed by atoms with van der Waals surface area (Å²) in [6, 6.07) is 0.107. The predicted octanol–water partition coefficient (Wildman–Crippen LogP) is 0.687. The predicted molar refractivity (Wildman–Crippen MR) is 54.5 cm³/mol. The van der Waals surface area contributed by atoms with Gasteiger partial charge in [-0.1, -0.05) is 20.8 Å². The fourth-order valence-electron chi connectivity index (χ4n) is 1.38. The van der Waals surface area contributed by atoms with E-state index < -0.39 is 0 Å².